The maximum absolute atomic E-state index is 12.0. The lowest BCUT2D eigenvalue weighted by Crippen LogP contribution is -2.13. The highest BCUT2D eigenvalue weighted by molar-refractivity contribution is 7.22. The Morgan fingerprint density at radius 2 is 2.05 bits per heavy atom. The van der Waals surface area contributed by atoms with E-state index in [4.69, 9.17) is 0 Å². The molecule has 0 aliphatic carbocycles. The smallest absolute Gasteiger partial charge is 0.277 e. The van der Waals surface area contributed by atoms with Crippen LogP contribution in [0, 0.1) is 6.92 Å². The van der Waals surface area contributed by atoms with Gasteiger partial charge in [0.25, 0.3) is 5.91 Å². The van der Waals surface area contributed by atoms with Crippen molar-refractivity contribution in [2.45, 2.75) is 6.92 Å². The zero-order valence-corrected chi connectivity index (χ0v) is 10.9. The molecule has 0 atom stereocenters. The molecule has 0 saturated carbocycles. The first-order valence-corrected chi connectivity index (χ1v) is 6.49. The number of amides is 1. The van der Waals surface area contributed by atoms with Gasteiger partial charge < -0.3 is 0 Å². The van der Waals surface area contributed by atoms with E-state index in [1.54, 1.807) is 6.20 Å². The van der Waals surface area contributed by atoms with E-state index < -0.39 is 0 Å². The highest BCUT2D eigenvalue weighted by Gasteiger charge is 2.10. The number of para-hydroxylation sites is 1. The maximum atomic E-state index is 12.0. The Hall–Kier alpha value is -2.34. The minimum absolute atomic E-state index is 0.282. The van der Waals surface area contributed by atoms with Crippen LogP contribution < -0.4 is 5.32 Å². The van der Waals surface area contributed by atoms with Crippen LogP contribution in [0.2, 0.25) is 0 Å². The molecule has 0 fully saturated rings. The summed E-state index contributed by atoms with van der Waals surface area (Å²) in [6.45, 7) is 1.82. The van der Waals surface area contributed by atoms with E-state index in [2.05, 4.69) is 20.3 Å². The molecule has 0 unspecified atom stereocenters. The van der Waals surface area contributed by atoms with E-state index in [0.29, 0.717) is 5.13 Å². The number of fused-ring (bicyclic) bond motifs is 1. The van der Waals surface area contributed by atoms with Gasteiger partial charge in [0.05, 0.1) is 22.1 Å². The third-order valence-corrected chi connectivity index (χ3v) is 3.48. The maximum Gasteiger partial charge on any atom is 0.277 e. The molecule has 0 spiro atoms. The second kappa shape index (κ2) is 4.74. The fraction of sp³-hybridized carbons (Fsp3) is 0.0769. The van der Waals surface area contributed by atoms with Gasteiger partial charge in [0, 0.05) is 6.20 Å². The van der Waals surface area contributed by atoms with Crippen LogP contribution in [0.5, 0.6) is 0 Å². The lowest BCUT2D eigenvalue weighted by molar-refractivity contribution is 0.102. The first-order valence-electron chi connectivity index (χ1n) is 5.68. The minimum Gasteiger partial charge on any atom is -0.296 e. The molecular formula is C13H10N4OS. The first-order chi connectivity index (χ1) is 9.22. The van der Waals surface area contributed by atoms with Crippen molar-refractivity contribution >= 4 is 32.6 Å². The SMILES string of the molecule is Cc1cnc(C(=O)Nc2nc3ccccc3s2)cn1. The average molecular weight is 270 g/mol. The normalized spacial score (nSPS) is 10.6. The summed E-state index contributed by atoms with van der Waals surface area (Å²) in [7, 11) is 0. The van der Waals surface area contributed by atoms with Gasteiger partial charge in [0.2, 0.25) is 0 Å². The fourth-order valence-corrected chi connectivity index (χ4v) is 2.46. The number of nitrogens with one attached hydrogen (secondary N) is 1. The quantitative estimate of drug-likeness (QED) is 0.777. The Morgan fingerprint density at radius 3 is 2.79 bits per heavy atom. The van der Waals surface area contributed by atoms with Gasteiger partial charge in [-0.2, -0.15) is 0 Å². The fourth-order valence-electron chi connectivity index (χ4n) is 1.60. The standard InChI is InChI=1S/C13H10N4OS/c1-8-6-15-10(7-14-8)12(18)17-13-16-9-4-2-3-5-11(9)19-13/h2-7H,1H3,(H,16,17,18). The van der Waals surface area contributed by atoms with Gasteiger partial charge in [-0.25, -0.2) is 9.97 Å². The molecule has 0 saturated heterocycles. The highest BCUT2D eigenvalue weighted by Crippen LogP contribution is 2.25. The summed E-state index contributed by atoms with van der Waals surface area (Å²) in [5, 5.41) is 3.30. The summed E-state index contributed by atoms with van der Waals surface area (Å²) in [6, 6.07) is 7.73. The third-order valence-electron chi connectivity index (χ3n) is 2.53. The second-order valence-electron chi connectivity index (χ2n) is 3.98. The van der Waals surface area contributed by atoms with Crippen LogP contribution in [-0.2, 0) is 0 Å². The van der Waals surface area contributed by atoms with Crippen molar-refractivity contribution < 1.29 is 4.79 Å². The van der Waals surface area contributed by atoms with Crippen LogP contribution in [0.1, 0.15) is 16.2 Å². The molecule has 0 bridgehead atoms. The Kier molecular flexibility index (Phi) is 2.92. The Morgan fingerprint density at radius 1 is 1.21 bits per heavy atom. The highest BCUT2D eigenvalue weighted by atomic mass is 32.1. The zero-order chi connectivity index (χ0) is 13.2. The van der Waals surface area contributed by atoms with E-state index >= 15 is 0 Å². The first kappa shape index (κ1) is 11.7. The number of aryl methyl sites for hydroxylation is 1. The van der Waals surface area contributed by atoms with Gasteiger partial charge in [-0.3, -0.25) is 15.1 Å². The topological polar surface area (TPSA) is 67.8 Å². The number of aromatic nitrogens is 3. The molecule has 3 aromatic rings. The van der Waals surface area contributed by atoms with Crippen molar-refractivity contribution in [1.82, 2.24) is 15.0 Å². The molecule has 1 amide bonds. The predicted molar refractivity (Wildman–Crippen MR) is 74.3 cm³/mol. The Balaban J connectivity index is 1.84. The molecule has 0 aliphatic heterocycles. The molecule has 0 aliphatic rings. The summed E-state index contributed by atoms with van der Waals surface area (Å²) in [6.07, 6.45) is 3.02. The largest absolute Gasteiger partial charge is 0.296 e. The molecule has 94 valence electrons. The van der Waals surface area contributed by atoms with E-state index in [9.17, 15) is 4.79 Å². The summed E-state index contributed by atoms with van der Waals surface area (Å²) in [5.74, 6) is -0.299. The van der Waals surface area contributed by atoms with Gasteiger partial charge >= 0.3 is 0 Å². The van der Waals surface area contributed by atoms with Crippen molar-refractivity contribution in [3.05, 3.63) is 48.0 Å². The minimum atomic E-state index is -0.299. The summed E-state index contributed by atoms with van der Waals surface area (Å²) >= 11 is 1.43. The monoisotopic (exact) mass is 270 g/mol. The van der Waals surface area contributed by atoms with Crippen molar-refractivity contribution in [2.75, 3.05) is 5.32 Å². The van der Waals surface area contributed by atoms with Gasteiger partial charge in [0.15, 0.2) is 5.13 Å². The number of carbonyl (C=O) groups is 1. The zero-order valence-electron chi connectivity index (χ0n) is 10.1. The van der Waals surface area contributed by atoms with E-state index in [-0.39, 0.29) is 11.6 Å². The van der Waals surface area contributed by atoms with Crippen LogP contribution in [0.4, 0.5) is 5.13 Å². The van der Waals surface area contributed by atoms with Crippen LogP contribution >= 0.6 is 11.3 Å². The Bertz CT molecular complexity index is 703. The van der Waals surface area contributed by atoms with Crippen LogP contribution in [0.25, 0.3) is 10.2 Å². The molecule has 19 heavy (non-hydrogen) atoms. The Labute approximate surface area is 113 Å². The second-order valence-corrected chi connectivity index (χ2v) is 5.01. The van der Waals surface area contributed by atoms with Gasteiger partial charge in [-0.1, -0.05) is 23.5 Å². The molecule has 6 heteroatoms. The molecule has 2 heterocycles. The number of anilines is 1. The van der Waals surface area contributed by atoms with Crippen LogP contribution in [0.15, 0.2) is 36.7 Å². The van der Waals surface area contributed by atoms with E-state index in [0.717, 1.165) is 15.9 Å². The predicted octanol–water partition coefficient (Wildman–Crippen LogP) is 2.65. The number of nitrogens with zero attached hydrogens (tertiary/aromatic N) is 3. The number of thiazole rings is 1. The molecule has 0 radical (unpaired) electrons. The van der Waals surface area contributed by atoms with E-state index in [1.165, 1.54) is 17.5 Å². The van der Waals surface area contributed by atoms with Crippen molar-refractivity contribution in [3.63, 3.8) is 0 Å². The van der Waals surface area contributed by atoms with E-state index in [1.807, 2.05) is 31.2 Å². The number of carbonyl (C=O) groups excluding carboxylic acids is 1. The lowest BCUT2D eigenvalue weighted by Gasteiger charge is -2.00. The molecular weight excluding hydrogens is 260 g/mol. The van der Waals surface area contributed by atoms with Crippen LogP contribution in [-0.4, -0.2) is 20.9 Å². The van der Waals surface area contributed by atoms with Crippen molar-refractivity contribution in [1.29, 1.82) is 0 Å². The number of hydrogen-bond donors (Lipinski definition) is 1. The average Bonchev–Trinajstić information content (AvgIpc) is 2.81. The molecule has 3 rings (SSSR count). The summed E-state index contributed by atoms with van der Waals surface area (Å²) in [5.41, 5.74) is 1.93. The van der Waals surface area contributed by atoms with Gasteiger partial charge in [0.1, 0.15) is 5.69 Å². The number of rotatable bonds is 2. The number of hydrogen-bond acceptors (Lipinski definition) is 5. The molecule has 1 N–H and O–H groups in total. The molecule has 1 aromatic carbocycles. The number of benzene rings is 1. The summed E-state index contributed by atoms with van der Waals surface area (Å²) in [4.78, 5) is 24.4. The van der Waals surface area contributed by atoms with Crippen LogP contribution in [0.3, 0.4) is 0 Å². The van der Waals surface area contributed by atoms with Gasteiger partial charge in [-0.15, -0.1) is 0 Å². The van der Waals surface area contributed by atoms with Crippen molar-refractivity contribution in [3.8, 4) is 0 Å². The van der Waals surface area contributed by atoms with Crippen molar-refractivity contribution in [2.24, 2.45) is 0 Å². The molecule has 2 aromatic heterocycles. The third kappa shape index (κ3) is 2.43. The lowest BCUT2D eigenvalue weighted by atomic mass is 10.3. The molecule has 5 nitrogen and oxygen atoms in total. The van der Waals surface area contributed by atoms with Gasteiger partial charge in [-0.05, 0) is 19.1 Å². The summed E-state index contributed by atoms with van der Waals surface area (Å²) < 4.78 is 1.03.